The summed E-state index contributed by atoms with van der Waals surface area (Å²) < 4.78 is 16.8. The van der Waals surface area contributed by atoms with E-state index < -0.39 is 23.9 Å². The van der Waals surface area contributed by atoms with Crippen molar-refractivity contribution in [3.8, 4) is 17.2 Å². The summed E-state index contributed by atoms with van der Waals surface area (Å²) in [4.78, 5) is 50.5. The summed E-state index contributed by atoms with van der Waals surface area (Å²) in [5, 5.41) is 15.2. The molecule has 48 heavy (non-hydrogen) atoms. The standard InChI is InChI=1S/C38H40N2O8/c1-3-4-5-6-10-22-47-31-19-17-28(18-20-31)38(45)48-33-21-16-26(24-34(33)46-2)23-32(37(43)44)40-36(42)29-14-11-15-30(25-29)39-35(41)27-12-8-7-9-13-27/h7-9,11-21,24-25,32H,3-6,10,22-23H2,1-2H3,(H,39,41)(H,40,42)(H,43,44). The van der Waals surface area contributed by atoms with Crippen LogP contribution in [0.3, 0.4) is 0 Å². The number of unbranched alkanes of at least 4 members (excludes halogenated alkanes) is 4. The number of hydrogen-bond acceptors (Lipinski definition) is 7. The van der Waals surface area contributed by atoms with E-state index in [-0.39, 0.29) is 29.4 Å². The van der Waals surface area contributed by atoms with E-state index >= 15 is 0 Å². The number of amides is 2. The lowest BCUT2D eigenvalue weighted by atomic mass is 10.0. The molecule has 0 radical (unpaired) electrons. The molecular weight excluding hydrogens is 612 g/mol. The number of carbonyl (C=O) groups is 4. The van der Waals surface area contributed by atoms with Crippen molar-refractivity contribution in [3.05, 3.63) is 119 Å². The molecule has 0 spiro atoms. The molecule has 4 aromatic rings. The first kappa shape index (κ1) is 35.2. The quantitative estimate of drug-likeness (QED) is 0.0633. The summed E-state index contributed by atoms with van der Waals surface area (Å²) in [6.07, 6.45) is 5.63. The number of aliphatic carboxylic acids is 1. The molecule has 1 atom stereocenters. The summed E-state index contributed by atoms with van der Waals surface area (Å²) in [5.41, 5.74) is 1.87. The summed E-state index contributed by atoms with van der Waals surface area (Å²) >= 11 is 0. The number of nitrogens with one attached hydrogen (secondary N) is 2. The lowest BCUT2D eigenvalue weighted by Gasteiger charge is -2.17. The number of carboxylic acid groups (broad SMARTS) is 1. The molecule has 1 unspecified atom stereocenters. The highest BCUT2D eigenvalue weighted by molar-refractivity contribution is 6.05. The van der Waals surface area contributed by atoms with Gasteiger partial charge in [0.25, 0.3) is 11.8 Å². The molecule has 0 saturated carbocycles. The molecular formula is C38H40N2O8. The highest BCUT2D eigenvalue weighted by Crippen LogP contribution is 2.30. The van der Waals surface area contributed by atoms with Crippen LogP contribution in [-0.4, -0.2) is 48.6 Å². The number of carbonyl (C=O) groups excluding carboxylic acids is 3. The average Bonchev–Trinajstić information content (AvgIpc) is 3.10. The van der Waals surface area contributed by atoms with Crippen LogP contribution in [-0.2, 0) is 11.2 Å². The molecule has 3 N–H and O–H groups in total. The van der Waals surface area contributed by atoms with Gasteiger partial charge in [-0.25, -0.2) is 9.59 Å². The number of carboxylic acids is 1. The zero-order valence-corrected chi connectivity index (χ0v) is 27.1. The summed E-state index contributed by atoms with van der Waals surface area (Å²) in [6, 6.07) is 24.9. The number of esters is 1. The van der Waals surface area contributed by atoms with Crippen LogP contribution in [0.15, 0.2) is 97.1 Å². The molecule has 0 aliphatic carbocycles. The van der Waals surface area contributed by atoms with E-state index in [2.05, 4.69) is 17.6 Å². The van der Waals surface area contributed by atoms with Crippen molar-refractivity contribution < 1.29 is 38.5 Å². The number of anilines is 1. The number of ether oxygens (including phenoxy) is 3. The van der Waals surface area contributed by atoms with E-state index in [1.54, 1.807) is 78.9 Å². The molecule has 0 fully saturated rings. The Morgan fingerprint density at radius 3 is 2.17 bits per heavy atom. The van der Waals surface area contributed by atoms with Crippen LogP contribution in [0, 0.1) is 0 Å². The highest BCUT2D eigenvalue weighted by Gasteiger charge is 2.23. The molecule has 250 valence electrons. The fourth-order valence-electron chi connectivity index (χ4n) is 4.87. The van der Waals surface area contributed by atoms with E-state index in [9.17, 15) is 24.3 Å². The van der Waals surface area contributed by atoms with Gasteiger partial charge in [-0.05, 0) is 78.7 Å². The van der Waals surface area contributed by atoms with Gasteiger partial charge in [-0.2, -0.15) is 0 Å². The minimum Gasteiger partial charge on any atom is -0.494 e. The number of rotatable bonds is 17. The van der Waals surface area contributed by atoms with Gasteiger partial charge in [-0.15, -0.1) is 0 Å². The van der Waals surface area contributed by atoms with E-state index in [1.165, 1.54) is 44.6 Å². The molecule has 10 heteroatoms. The summed E-state index contributed by atoms with van der Waals surface area (Å²) in [7, 11) is 1.41. The van der Waals surface area contributed by atoms with Crippen molar-refractivity contribution in [3.63, 3.8) is 0 Å². The molecule has 0 aliphatic rings. The predicted molar refractivity (Wildman–Crippen MR) is 182 cm³/mol. The Bertz CT molecular complexity index is 1690. The smallest absolute Gasteiger partial charge is 0.343 e. The molecule has 2 amide bonds. The second-order valence-corrected chi connectivity index (χ2v) is 11.1. The largest absolute Gasteiger partial charge is 0.494 e. The highest BCUT2D eigenvalue weighted by atomic mass is 16.6. The Morgan fingerprint density at radius 1 is 0.729 bits per heavy atom. The Morgan fingerprint density at radius 2 is 1.46 bits per heavy atom. The molecule has 0 bridgehead atoms. The van der Waals surface area contributed by atoms with Crippen molar-refractivity contribution in [2.75, 3.05) is 19.0 Å². The van der Waals surface area contributed by atoms with Gasteiger partial charge in [0.2, 0.25) is 0 Å². The topological polar surface area (TPSA) is 140 Å². The molecule has 0 aliphatic heterocycles. The van der Waals surface area contributed by atoms with Crippen LogP contribution in [0.2, 0.25) is 0 Å². The van der Waals surface area contributed by atoms with Crippen LogP contribution < -0.4 is 24.8 Å². The Kier molecular flexibility index (Phi) is 13.1. The summed E-state index contributed by atoms with van der Waals surface area (Å²) in [5.74, 6) is -1.75. The van der Waals surface area contributed by atoms with E-state index in [1.807, 2.05) is 0 Å². The predicted octanol–water partition coefficient (Wildman–Crippen LogP) is 6.94. The first-order valence-corrected chi connectivity index (χ1v) is 15.9. The normalized spacial score (nSPS) is 11.2. The number of hydrogen-bond donors (Lipinski definition) is 3. The van der Waals surface area contributed by atoms with Gasteiger partial charge >= 0.3 is 11.9 Å². The molecule has 4 rings (SSSR count). The molecule has 10 nitrogen and oxygen atoms in total. The van der Waals surface area contributed by atoms with E-state index in [0.717, 1.165) is 12.8 Å². The zero-order chi connectivity index (χ0) is 34.3. The fourth-order valence-corrected chi connectivity index (χ4v) is 4.87. The van der Waals surface area contributed by atoms with Gasteiger partial charge in [-0.1, -0.05) is 62.9 Å². The second-order valence-electron chi connectivity index (χ2n) is 11.1. The minimum absolute atomic E-state index is 0.0733. The van der Waals surface area contributed by atoms with Gasteiger partial charge in [0.1, 0.15) is 11.8 Å². The van der Waals surface area contributed by atoms with Gasteiger partial charge in [0.15, 0.2) is 11.5 Å². The third kappa shape index (κ3) is 10.4. The van der Waals surface area contributed by atoms with Crippen molar-refractivity contribution in [2.45, 2.75) is 51.5 Å². The third-order valence-electron chi connectivity index (χ3n) is 7.50. The van der Waals surface area contributed by atoms with E-state index in [4.69, 9.17) is 14.2 Å². The van der Waals surface area contributed by atoms with Crippen LogP contribution in [0.1, 0.15) is 75.7 Å². The van der Waals surface area contributed by atoms with Gasteiger partial charge in [-0.3, -0.25) is 9.59 Å². The van der Waals surface area contributed by atoms with Gasteiger partial charge in [0, 0.05) is 23.2 Å². The number of methoxy groups -OCH3 is 1. The van der Waals surface area contributed by atoms with Gasteiger partial charge in [0.05, 0.1) is 19.3 Å². The van der Waals surface area contributed by atoms with Crippen LogP contribution >= 0.6 is 0 Å². The molecule has 0 heterocycles. The molecule has 0 aromatic heterocycles. The van der Waals surface area contributed by atoms with Crippen LogP contribution in [0.25, 0.3) is 0 Å². The van der Waals surface area contributed by atoms with Crippen LogP contribution in [0.4, 0.5) is 5.69 Å². The lowest BCUT2D eigenvalue weighted by molar-refractivity contribution is -0.139. The zero-order valence-electron chi connectivity index (χ0n) is 27.1. The summed E-state index contributed by atoms with van der Waals surface area (Å²) in [6.45, 7) is 2.79. The fraction of sp³-hybridized carbons (Fsp3) is 0.263. The SMILES string of the molecule is CCCCCCCOc1ccc(C(=O)Oc2ccc(CC(NC(=O)c3cccc(NC(=O)c4ccccc4)c3)C(=O)O)cc2OC)cc1. The first-order valence-electron chi connectivity index (χ1n) is 15.9. The maximum Gasteiger partial charge on any atom is 0.343 e. The van der Waals surface area contributed by atoms with Crippen molar-refractivity contribution in [1.82, 2.24) is 5.32 Å². The van der Waals surface area contributed by atoms with Gasteiger partial charge < -0.3 is 30.0 Å². The monoisotopic (exact) mass is 652 g/mol. The molecule has 4 aromatic carbocycles. The Labute approximate surface area is 280 Å². The van der Waals surface area contributed by atoms with Crippen molar-refractivity contribution in [2.24, 2.45) is 0 Å². The lowest BCUT2D eigenvalue weighted by Crippen LogP contribution is -2.42. The minimum atomic E-state index is -1.28. The van der Waals surface area contributed by atoms with E-state index in [0.29, 0.717) is 34.7 Å². The van der Waals surface area contributed by atoms with Crippen molar-refractivity contribution >= 4 is 29.4 Å². The molecule has 0 saturated heterocycles. The van der Waals surface area contributed by atoms with Crippen LogP contribution in [0.5, 0.6) is 17.2 Å². The maximum atomic E-state index is 13.0. The second kappa shape index (κ2) is 17.9. The Hall–Kier alpha value is -5.64. The third-order valence-corrected chi connectivity index (χ3v) is 7.50. The first-order chi connectivity index (χ1) is 23.3. The maximum absolute atomic E-state index is 13.0. The Balaban J connectivity index is 1.34. The average molecular weight is 653 g/mol. The van der Waals surface area contributed by atoms with Crippen molar-refractivity contribution in [1.29, 1.82) is 0 Å². The number of benzene rings is 4.